The lowest BCUT2D eigenvalue weighted by Crippen LogP contribution is -2.34. The second kappa shape index (κ2) is 22.9. The molecule has 0 saturated carbocycles. The van der Waals surface area contributed by atoms with E-state index in [-0.39, 0.29) is 68.6 Å². The van der Waals surface area contributed by atoms with E-state index >= 15 is 0 Å². The molecular formula is C40H44Cl2N2O10. The van der Waals surface area contributed by atoms with E-state index in [1.807, 2.05) is 12.1 Å². The van der Waals surface area contributed by atoms with Gasteiger partial charge in [0, 0.05) is 41.8 Å². The van der Waals surface area contributed by atoms with Gasteiger partial charge in [0.25, 0.3) is 0 Å². The summed E-state index contributed by atoms with van der Waals surface area (Å²) in [6, 6.07) is 23.8. The Kier molecular flexibility index (Phi) is 18.3. The number of rotatable bonds is 17. The van der Waals surface area contributed by atoms with Gasteiger partial charge >= 0.3 is 0 Å². The summed E-state index contributed by atoms with van der Waals surface area (Å²) in [6.45, 7) is 0.620. The number of aliphatic hydroxyl groups is 3. The predicted molar refractivity (Wildman–Crippen MR) is 208 cm³/mol. The molecule has 0 aliphatic carbocycles. The lowest BCUT2D eigenvalue weighted by atomic mass is 9.97. The van der Waals surface area contributed by atoms with Crippen LogP contribution in [0.3, 0.4) is 0 Å². The second-order valence-electron chi connectivity index (χ2n) is 11.3. The van der Waals surface area contributed by atoms with Crippen molar-refractivity contribution in [1.82, 2.24) is 10.2 Å². The van der Waals surface area contributed by atoms with Crippen molar-refractivity contribution in [2.45, 2.75) is 0 Å². The largest absolute Gasteiger partial charge is 0.504 e. The molecule has 0 radical (unpaired) electrons. The van der Waals surface area contributed by atoms with Gasteiger partial charge in [0.1, 0.15) is 0 Å². The number of hydrogen-bond acceptors (Lipinski definition) is 10. The monoisotopic (exact) mass is 782 g/mol. The molecule has 288 valence electrons. The third-order valence-electron chi connectivity index (χ3n) is 7.67. The molecular weight excluding hydrogens is 739 g/mol. The molecule has 2 amide bonds. The van der Waals surface area contributed by atoms with E-state index in [2.05, 4.69) is 5.32 Å². The number of ether oxygens (including phenoxy) is 3. The number of aliphatic hydroxyl groups excluding tert-OH is 3. The molecule has 0 spiro atoms. The van der Waals surface area contributed by atoms with E-state index in [1.54, 1.807) is 60.7 Å². The summed E-state index contributed by atoms with van der Waals surface area (Å²) < 4.78 is 15.4. The highest BCUT2D eigenvalue weighted by Gasteiger charge is 2.16. The maximum Gasteiger partial charge on any atom is 0.247 e. The first-order valence-electron chi connectivity index (χ1n) is 16.7. The Hall–Kier alpha value is -5.08. The van der Waals surface area contributed by atoms with E-state index in [0.717, 1.165) is 11.1 Å². The van der Waals surface area contributed by atoms with Crippen molar-refractivity contribution in [3.63, 3.8) is 0 Å². The highest BCUT2D eigenvalue weighted by Crippen LogP contribution is 2.34. The van der Waals surface area contributed by atoms with Crippen LogP contribution in [0.15, 0.2) is 97.1 Å². The first-order valence-corrected chi connectivity index (χ1v) is 17.5. The number of phenols is 2. The highest BCUT2D eigenvalue weighted by atomic mass is 35.5. The van der Waals surface area contributed by atoms with Crippen LogP contribution < -0.4 is 14.8 Å². The van der Waals surface area contributed by atoms with E-state index < -0.39 is 0 Å². The minimum atomic E-state index is -0.352. The van der Waals surface area contributed by atoms with Crippen molar-refractivity contribution in [2.24, 2.45) is 0 Å². The molecule has 0 aliphatic heterocycles. The van der Waals surface area contributed by atoms with Crippen molar-refractivity contribution < 1.29 is 49.3 Å². The molecule has 0 atom stereocenters. The van der Waals surface area contributed by atoms with Gasteiger partial charge < -0.3 is 50.0 Å². The Bertz CT molecular complexity index is 1860. The zero-order valence-corrected chi connectivity index (χ0v) is 31.4. The van der Waals surface area contributed by atoms with Crippen molar-refractivity contribution in [1.29, 1.82) is 0 Å². The Balaban J connectivity index is 0.000000290. The molecule has 4 aromatic carbocycles. The van der Waals surface area contributed by atoms with Crippen LogP contribution in [0.1, 0.15) is 22.3 Å². The molecule has 0 bridgehead atoms. The van der Waals surface area contributed by atoms with Gasteiger partial charge in [-0.25, -0.2) is 0 Å². The van der Waals surface area contributed by atoms with Crippen LogP contribution in [0, 0.1) is 0 Å². The van der Waals surface area contributed by atoms with Crippen LogP contribution in [0.4, 0.5) is 0 Å². The van der Waals surface area contributed by atoms with E-state index in [4.69, 9.17) is 52.7 Å². The zero-order valence-electron chi connectivity index (χ0n) is 29.9. The summed E-state index contributed by atoms with van der Waals surface area (Å²) in [4.78, 5) is 26.4. The predicted octanol–water partition coefficient (Wildman–Crippen LogP) is 4.91. The zero-order chi connectivity index (χ0) is 39.5. The SMILES string of the molecule is COc1cc(/C(=C/C(=O)NCCOCCO)c2ccc(Cl)cc2)ccc1O.COc1cc(C(=CC(=O)N(CCO)CCO)c2ccc(Cl)cc2)ccc1O. The van der Waals surface area contributed by atoms with E-state index in [1.165, 1.54) is 43.4 Å². The number of benzene rings is 4. The third kappa shape index (κ3) is 13.4. The van der Waals surface area contributed by atoms with Crippen LogP contribution in [0.25, 0.3) is 11.1 Å². The van der Waals surface area contributed by atoms with Crippen LogP contribution >= 0.6 is 23.2 Å². The summed E-state index contributed by atoms with van der Waals surface area (Å²) in [6.07, 6.45) is 2.90. The number of phenolic OH excluding ortho intramolecular Hbond substituents is 2. The molecule has 4 rings (SSSR count). The number of nitrogens with one attached hydrogen (secondary N) is 1. The van der Waals surface area contributed by atoms with Gasteiger partial charge in [-0.2, -0.15) is 0 Å². The first-order chi connectivity index (χ1) is 26.0. The van der Waals surface area contributed by atoms with Crippen LogP contribution in [0.5, 0.6) is 23.0 Å². The second-order valence-corrected chi connectivity index (χ2v) is 12.2. The quantitative estimate of drug-likeness (QED) is 0.0637. The minimum Gasteiger partial charge on any atom is -0.504 e. The van der Waals surface area contributed by atoms with Gasteiger partial charge in [0.05, 0.1) is 47.3 Å². The third-order valence-corrected chi connectivity index (χ3v) is 8.17. The fourth-order valence-corrected chi connectivity index (χ4v) is 5.25. The van der Waals surface area contributed by atoms with E-state index in [0.29, 0.717) is 51.2 Å². The van der Waals surface area contributed by atoms with Crippen molar-refractivity contribution >= 4 is 46.2 Å². The maximum atomic E-state index is 12.7. The number of methoxy groups -OCH3 is 2. The van der Waals surface area contributed by atoms with Crippen LogP contribution in [0.2, 0.25) is 10.0 Å². The molecule has 54 heavy (non-hydrogen) atoms. The maximum absolute atomic E-state index is 12.7. The van der Waals surface area contributed by atoms with Gasteiger partial charge in [-0.3, -0.25) is 9.59 Å². The molecule has 0 unspecified atom stereocenters. The topological polar surface area (TPSA) is 178 Å². The number of aromatic hydroxyl groups is 2. The summed E-state index contributed by atoms with van der Waals surface area (Å²) in [5.41, 5.74) is 4.15. The van der Waals surface area contributed by atoms with Gasteiger partial charge in [0.15, 0.2) is 23.0 Å². The average Bonchev–Trinajstić information content (AvgIpc) is 3.17. The fourth-order valence-electron chi connectivity index (χ4n) is 5.00. The lowest BCUT2D eigenvalue weighted by molar-refractivity contribution is -0.127. The number of amides is 2. The Morgan fingerprint density at radius 1 is 0.648 bits per heavy atom. The normalized spacial score (nSPS) is 11.3. The summed E-state index contributed by atoms with van der Waals surface area (Å²) in [5.74, 6) is -0.0466. The molecule has 0 fully saturated rings. The Labute approximate surface area is 324 Å². The number of carbonyl (C=O) groups excluding carboxylic acids is 2. The van der Waals surface area contributed by atoms with Gasteiger partial charge in [-0.1, -0.05) is 59.6 Å². The van der Waals surface area contributed by atoms with Crippen LogP contribution in [-0.2, 0) is 14.3 Å². The summed E-state index contributed by atoms with van der Waals surface area (Å²) in [7, 11) is 2.91. The van der Waals surface area contributed by atoms with Gasteiger partial charge in [-0.05, 0) is 81.9 Å². The number of hydrogen-bond donors (Lipinski definition) is 6. The van der Waals surface area contributed by atoms with Crippen molar-refractivity contribution in [3.8, 4) is 23.0 Å². The smallest absolute Gasteiger partial charge is 0.247 e. The van der Waals surface area contributed by atoms with Crippen molar-refractivity contribution in [3.05, 3.63) is 129 Å². The summed E-state index contributed by atoms with van der Waals surface area (Å²) >= 11 is 11.9. The Morgan fingerprint density at radius 2 is 1.09 bits per heavy atom. The number of nitrogens with zero attached hydrogens (tertiary/aromatic N) is 1. The molecule has 0 aliphatic rings. The van der Waals surface area contributed by atoms with Crippen LogP contribution in [-0.4, -0.2) is 109 Å². The molecule has 0 saturated heterocycles. The molecule has 0 heterocycles. The number of carbonyl (C=O) groups is 2. The molecule has 12 nitrogen and oxygen atoms in total. The molecule has 0 aromatic heterocycles. The Morgan fingerprint density at radius 3 is 1.52 bits per heavy atom. The fraction of sp³-hybridized carbons (Fsp3) is 0.250. The lowest BCUT2D eigenvalue weighted by Gasteiger charge is -2.20. The highest BCUT2D eigenvalue weighted by molar-refractivity contribution is 6.31. The molecule has 4 aromatic rings. The average molecular weight is 784 g/mol. The molecule has 14 heteroatoms. The standard InChI is InChI=1S/2C20H22ClNO5/c1-26-19-12-15(4-7-18(19)24)17(14-2-5-16(21)6-3-14)13-20(25)22-8-10-27-11-9-23;1-27-19-12-15(4-7-18(19)25)17(14-2-5-16(21)6-3-14)13-20(26)22(8-10-23)9-11-24/h2-7,12-13,23-24H,8-11H2,1H3,(H,22,25);2-7,12-13,23-25H,8-11H2,1H3/b17-13+;. The number of halogens is 2. The van der Waals surface area contributed by atoms with Crippen molar-refractivity contribution in [2.75, 3.05) is 66.9 Å². The summed E-state index contributed by atoms with van der Waals surface area (Å²) in [5, 5.41) is 50.5. The van der Waals surface area contributed by atoms with Gasteiger partial charge in [-0.15, -0.1) is 0 Å². The van der Waals surface area contributed by atoms with Gasteiger partial charge in [0.2, 0.25) is 11.8 Å². The minimum absolute atomic E-state index is 0.00906. The molecule has 6 N–H and O–H groups in total. The first kappa shape index (κ1) is 43.3. The van der Waals surface area contributed by atoms with E-state index in [9.17, 15) is 19.8 Å².